The molecule has 1 N–H and O–H groups in total. The maximum atomic E-state index is 12.5. The van der Waals surface area contributed by atoms with Gasteiger partial charge in [0, 0.05) is 0 Å². The molecule has 2 aromatic rings. The Morgan fingerprint density at radius 2 is 1.76 bits per heavy atom. The quantitative estimate of drug-likeness (QED) is 0.933. The second-order valence-electron chi connectivity index (χ2n) is 4.44. The second kappa shape index (κ2) is 5.87. The molecular formula is C13H14ClN3O3S. The Morgan fingerprint density at radius 1 is 1.14 bits per heavy atom. The van der Waals surface area contributed by atoms with Crippen molar-refractivity contribution in [3.05, 3.63) is 40.5 Å². The molecule has 0 radical (unpaired) electrons. The molecule has 0 amide bonds. The Kier molecular flexibility index (Phi) is 4.34. The van der Waals surface area contributed by atoms with Gasteiger partial charge < -0.3 is 4.74 Å². The SMILES string of the molecule is COc1cc(C)c(S(=O)(=O)Nc2ccc(Cl)nn2)c(C)c1. The zero-order chi connectivity index (χ0) is 15.6. The van der Waals surface area contributed by atoms with Gasteiger partial charge >= 0.3 is 0 Å². The highest BCUT2D eigenvalue weighted by atomic mass is 35.5. The van der Waals surface area contributed by atoms with Crippen molar-refractivity contribution >= 4 is 27.4 Å². The van der Waals surface area contributed by atoms with E-state index in [2.05, 4.69) is 14.9 Å². The number of ether oxygens (including phenoxy) is 1. The number of hydrogen-bond donors (Lipinski definition) is 1. The predicted molar refractivity (Wildman–Crippen MR) is 80.3 cm³/mol. The van der Waals surface area contributed by atoms with Crippen LogP contribution in [0.3, 0.4) is 0 Å². The van der Waals surface area contributed by atoms with Gasteiger partial charge in [0.2, 0.25) is 0 Å². The van der Waals surface area contributed by atoms with Crippen molar-refractivity contribution in [1.29, 1.82) is 0 Å². The summed E-state index contributed by atoms with van der Waals surface area (Å²) in [5, 5.41) is 7.47. The highest BCUT2D eigenvalue weighted by Gasteiger charge is 2.21. The number of halogens is 1. The Hall–Kier alpha value is -1.86. The molecule has 0 aliphatic carbocycles. The van der Waals surface area contributed by atoms with Gasteiger partial charge in [-0.05, 0) is 49.2 Å². The van der Waals surface area contributed by atoms with Gasteiger partial charge in [-0.2, -0.15) is 0 Å². The van der Waals surface area contributed by atoms with Crippen molar-refractivity contribution in [2.24, 2.45) is 0 Å². The summed E-state index contributed by atoms with van der Waals surface area (Å²) in [6.07, 6.45) is 0. The minimum absolute atomic E-state index is 0.106. The van der Waals surface area contributed by atoms with Gasteiger partial charge in [-0.3, -0.25) is 4.72 Å². The number of benzene rings is 1. The van der Waals surface area contributed by atoms with Crippen LogP contribution >= 0.6 is 11.6 Å². The van der Waals surface area contributed by atoms with Crippen LogP contribution in [0, 0.1) is 13.8 Å². The molecule has 6 nitrogen and oxygen atoms in total. The average molecular weight is 328 g/mol. The molecule has 112 valence electrons. The molecule has 2 rings (SSSR count). The van der Waals surface area contributed by atoms with Crippen LogP contribution in [-0.4, -0.2) is 25.7 Å². The van der Waals surface area contributed by atoms with Crippen LogP contribution in [0.5, 0.6) is 5.75 Å². The standard InChI is InChI=1S/C13H14ClN3O3S/c1-8-6-10(20-3)7-9(2)13(8)21(18,19)17-12-5-4-11(14)15-16-12/h4-7H,1-3H3,(H,16,17). The van der Waals surface area contributed by atoms with Crippen LogP contribution in [-0.2, 0) is 10.0 Å². The zero-order valence-corrected chi connectivity index (χ0v) is 13.3. The highest BCUT2D eigenvalue weighted by Crippen LogP contribution is 2.27. The first-order valence-corrected chi connectivity index (χ1v) is 7.87. The topological polar surface area (TPSA) is 81.2 Å². The van der Waals surface area contributed by atoms with E-state index in [0.717, 1.165) is 0 Å². The van der Waals surface area contributed by atoms with Crippen LogP contribution in [0.25, 0.3) is 0 Å². The molecule has 0 aliphatic rings. The number of hydrogen-bond acceptors (Lipinski definition) is 5. The molecule has 21 heavy (non-hydrogen) atoms. The third kappa shape index (κ3) is 3.43. The summed E-state index contributed by atoms with van der Waals surface area (Å²) >= 11 is 5.62. The fourth-order valence-corrected chi connectivity index (χ4v) is 3.56. The number of nitrogens with zero attached hydrogens (tertiary/aromatic N) is 2. The summed E-state index contributed by atoms with van der Waals surface area (Å²) in [6, 6.07) is 6.23. The van der Waals surface area contributed by atoms with Crippen molar-refractivity contribution < 1.29 is 13.2 Å². The van der Waals surface area contributed by atoms with E-state index in [9.17, 15) is 8.42 Å². The minimum Gasteiger partial charge on any atom is -0.497 e. The summed E-state index contributed by atoms with van der Waals surface area (Å²) < 4.78 is 32.5. The molecular weight excluding hydrogens is 314 g/mol. The van der Waals surface area contributed by atoms with Crippen LogP contribution in [0.15, 0.2) is 29.2 Å². The lowest BCUT2D eigenvalue weighted by atomic mass is 10.1. The van der Waals surface area contributed by atoms with Crippen molar-refractivity contribution in [2.75, 3.05) is 11.8 Å². The van der Waals surface area contributed by atoms with Gasteiger partial charge in [-0.15, -0.1) is 10.2 Å². The Bertz CT molecular complexity index is 738. The Morgan fingerprint density at radius 3 is 2.24 bits per heavy atom. The second-order valence-corrected chi connectivity index (χ2v) is 6.44. The third-order valence-corrected chi connectivity index (χ3v) is 4.67. The molecule has 0 aliphatic heterocycles. The van der Waals surface area contributed by atoms with Crippen LogP contribution in [0.1, 0.15) is 11.1 Å². The maximum absolute atomic E-state index is 12.5. The zero-order valence-electron chi connectivity index (χ0n) is 11.7. The number of rotatable bonds is 4. The Labute approximate surface area is 128 Å². The number of nitrogens with one attached hydrogen (secondary N) is 1. The van der Waals surface area contributed by atoms with Gasteiger partial charge in [0.1, 0.15) is 5.75 Å². The fraction of sp³-hybridized carbons (Fsp3) is 0.231. The van der Waals surface area contributed by atoms with E-state index >= 15 is 0 Å². The molecule has 1 aromatic carbocycles. The molecule has 1 heterocycles. The molecule has 0 spiro atoms. The lowest BCUT2D eigenvalue weighted by molar-refractivity contribution is 0.413. The molecule has 0 atom stereocenters. The maximum Gasteiger partial charge on any atom is 0.263 e. The molecule has 0 saturated heterocycles. The number of aryl methyl sites for hydroxylation is 2. The van der Waals surface area contributed by atoms with Crippen LogP contribution in [0.2, 0.25) is 5.15 Å². The predicted octanol–water partition coefficient (Wildman–Crippen LogP) is 2.56. The van der Waals surface area contributed by atoms with Gasteiger partial charge in [0.25, 0.3) is 10.0 Å². The van der Waals surface area contributed by atoms with E-state index in [0.29, 0.717) is 16.9 Å². The summed E-state index contributed by atoms with van der Waals surface area (Å²) in [4.78, 5) is 0.194. The molecule has 0 fully saturated rings. The summed E-state index contributed by atoms with van der Waals surface area (Å²) in [5.41, 5.74) is 1.17. The summed E-state index contributed by atoms with van der Waals surface area (Å²) in [5.74, 6) is 0.712. The van der Waals surface area contributed by atoms with E-state index < -0.39 is 10.0 Å². The monoisotopic (exact) mass is 327 g/mol. The van der Waals surface area contributed by atoms with E-state index in [1.165, 1.54) is 19.2 Å². The highest BCUT2D eigenvalue weighted by molar-refractivity contribution is 7.92. The lowest BCUT2D eigenvalue weighted by Crippen LogP contribution is -2.17. The minimum atomic E-state index is -3.76. The normalized spacial score (nSPS) is 11.2. The first kappa shape index (κ1) is 15.5. The fourth-order valence-electron chi connectivity index (χ4n) is 2.01. The number of sulfonamides is 1. The summed E-state index contributed by atoms with van der Waals surface area (Å²) in [7, 11) is -2.23. The smallest absolute Gasteiger partial charge is 0.263 e. The molecule has 8 heteroatoms. The molecule has 0 bridgehead atoms. The Balaban J connectivity index is 2.42. The van der Waals surface area contributed by atoms with Crippen molar-refractivity contribution in [3.8, 4) is 5.75 Å². The number of methoxy groups -OCH3 is 1. The van der Waals surface area contributed by atoms with Crippen LogP contribution in [0.4, 0.5) is 5.82 Å². The van der Waals surface area contributed by atoms with Gasteiger partial charge in [0.15, 0.2) is 11.0 Å². The number of anilines is 1. The largest absolute Gasteiger partial charge is 0.497 e. The first-order chi connectivity index (χ1) is 9.83. The van der Waals surface area contributed by atoms with E-state index in [1.807, 2.05) is 0 Å². The van der Waals surface area contributed by atoms with E-state index in [1.54, 1.807) is 26.0 Å². The van der Waals surface area contributed by atoms with Gasteiger partial charge in [-0.1, -0.05) is 11.6 Å². The van der Waals surface area contributed by atoms with Gasteiger partial charge in [-0.25, -0.2) is 8.42 Å². The lowest BCUT2D eigenvalue weighted by Gasteiger charge is -2.13. The van der Waals surface area contributed by atoms with Crippen LogP contribution < -0.4 is 9.46 Å². The molecule has 1 aromatic heterocycles. The van der Waals surface area contributed by atoms with Crippen molar-refractivity contribution in [3.63, 3.8) is 0 Å². The van der Waals surface area contributed by atoms with Crippen molar-refractivity contribution in [1.82, 2.24) is 10.2 Å². The van der Waals surface area contributed by atoms with E-state index in [-0.39, 0.29) is 15.9 Å². The van der Waals surface area contributed by atoms with Gasteiger partial charge in [0.05, 0.1) is 12.0 Å². The third-order valence-electron chi connectivity index (χ3n) is 2.81. The van der Waals surface area contributed by atoms with Crippen molar-refractivity contribution in [2.45, 2.75) is 18.7 Å². The molecule has 0 unspecified atom stereocenters. The first-order valence-electron chi connectivity index (χ1n) is 6.01. The average Bonchev–Trinajstić information content (AvgIpc) is 2.39. The van der Waals surface area contributed by atoms with E-state index in [4.69, 9.17) is 16.3 Å². The molecule has 0 saturated carbocycles. The summed E-state index contributed by atoms with van der Waals surface area (Å²) in [6.45, 7) is 3.41. The number of aromatic nitrogens is 2.